The van der Waals surface area contributed by atoms with Gasteiger partial charge in [-0.05, 0) is 23.3 Å². The maximum atomic E-state index is 5.13. The summed E-state index contributed by atoms with van der Waals surface area (Å²) in [4.78, 5) is 0. The molecule has 0 radical (unpaired) electrons. The molecule has 0 N–H and O–H groups in total. The fourth-order valence-corrected chi connectivity index (χ4v) is 1.96. The molecule has 1 atom stereocenters. The van der Waals surface area contributed by atoms with Crippen LogP contribution in [0.5, 0.6) is 5.75 Å². The van der Waals surface area contributed by atoms with Crippen molar-refractivity contribution >= 4 is 12.6 Å². The Morgan fingerprint density at radius 3 is 2.00 bits per heavy atom. The Kier molecular flexibility index (Phi) is 3.52. The number of ether oxygens (including phenoxy) is 1. The van der Waals surface area contributed by atoms with E-state index in [9.17, 15) is 0 Å². The maximum Gasteiger partial charge on any atom is 0.118 e. The molecule has 1 nitrogen and oxygen atoms in total. The van der Waals surface area contributed by atoms with Gasteiger partial charge in [0.15, 0.2) is 0 Å². The Bertz CT molecular complexity index is 436. The molecule has 1 unspecified atom stereocenters. The van der Waals surface area contributed by atoms with Gasteiger partial charge in [-0.1, -0.05) is 42.5 Å². The highest BCUT2D eigenvalue weighted by Crippen LogP contribution is 2.28. The molecule has 2 aromatic carbocycles. The van der Waals surface area contributed by atoms with E-state index in [0.717, 1.165) is 5.75 Å². The van der Waals surface area contributed by atoms with Crippen molar-refractivity contribution in [1.29, 1.82) is 0 Å². The summed E-state index contributed by atoms with van der Waals surface area (Å²) in [6.07, 6.45) is 0. The van der Waals surface area contributed by atoms with Crippen molar-refractivity contribution in [3.05, 3.63) is 65.7 Å². The molecule has 0 saturated carbocycles. The molecule has 2 heteroatoms. The van der Waals surface area contributed by atoms with Gasteiger partial charge >= 0.3 is 0 Å². The Morgan fingerprint density at radius 2 is 1.44 bits per heavy atom. The Balaban J connectivity index is 2.24. The summed E-state index contributed by atoms with van der Waals surface area (Å²) in [5.74, 6) is 0.873. The second-order valence-electron chi connectivity index (χ2n) is 3.59. The first kappa shape index (κ1) is 11.1. The van der Waals surface area contributed by atoms with Crippen molar-refractivity contribution in [2.24, 2.45) is 0 Å². The van der Waals surface area contributed by atoms with Gasteiger partial charge < -0.3 is 4.74 Å². The molecule has 16 heavy (non-hydrogen) atoms. The molecular formula is C14H14OS. The maximum absolute atomic E-state index is 5.13. The zero-order valence-electron chi connectivity index (χ0n) is 9.13. The molecule has 0 aromatic heterocycles. The van der Waals surface area contributed by atoms with Gasteiger partial charge in [-0.3, -0.25) is 0 Å². The summed E-state index contributed by atoms with van der Waals surface area (Å²) in [5.41, 5.74) is 2.38. The second-order valence-corrected chi connectivity index (χ2v) is 4.10. The van der Waals surface area contributed by atoms with Gasteiger partial charge in [0.25, 0.3) is 0 Å². The van der Waals surface area contributed by atoms with Gasteiger partial charge in [-0.25, -0.2) is 0 Å². The lowest BCUT2D eigenvalue weighted by Crippen LogP contribution is -1.93. The minimum atomic E-state index is 0.118. The van der Waals surface area contributed by atoms with E-state index in [1.807, 2.05) is 42.5 Å². The van der Waals surface area contributed by atoms with E-state index in [4.69, 9.17) is 4.74 Å². The summed E-state index contributed by atoms with van der Waals surface area (Å²) in [6, 6.07) is 18.3. The summed E-state index contributed by atoms with van der Waals surface area (Å²) < 4.78 is 5.13. The highest BCUT2D eigenvalue weighted by molar-refractivity contribution is 7.80. The van der Waals surface area contributed by atoms with Crippen molar-refractivity contribution in [1.82, 2.24) is 0 Å². The summed E-state index contributed by atoms with van der Waals surface area (Å²) >= 11 is 4.63. The number of hydrogen-bond donors (Lipinski definition) is 1. The van der Waals surface area contributed by atoms with Crippen LogP contribution < -0.4 is 4.74 Å². The van der Waals surface area contributed by atoms with E-state index in [2.05, 4.69) is 24.8 Å². The normalized spacial score (nSPS) is 12.1. The SMILES string of the molecule is COc1ccc(C(S)c2ccccc2)cc1. The van der Waals surface area contributed by atoms with Crippen LogP contribution in [-0.2, 0) is 0 Å². The minimum Gasteiger partial charge on any atom is -0.497 e. The molecule has 0 aliphatic heterocycles. The van der Waals surface area contributed by atoms with Crippen LogP contribution in [-0.4, -0.2) is 7.11 Å². The van der Waals surface area contributed by atoms with Crippen molar-refractivity contribution in [2.45, 2.75) is 5.25 Å². The van der Waals surface area contributed by atoms with Crippen LogP contribution in [0.2, 0.25) is 0 Å². The third-order valence-corrected chi connectivity index (χ3v) is 3.14. The first-order valence-corrected chi connectivity index (χ1v) is 5.70. The lowest BCUT2D eigenvalue weighted by atomic mass is 10.0. The van der Waals surface area contributed by atoms with Gasteiger partial charge in [0.2, 0.25) is 0 Å². The highest BCUT2D eigenvalue weighted by Gasteiger charge is 2.08. The molecule has 0 aliphatic carbocycles. The third kappa shape index (κ3) is 2.39. The van der Waals surface area contributed by atoms with Crippen LogP contribution in [0.1, 0.15) is 16.4 Å². The lowest BCUT2D eigenvalue weighted by molar-refractivity contribution is 0.414. The molecule has 0 heterocycles. The van der Waals surface area contributed by atoms with Crippen LogP contribution in [0.15, 0.2) is 54.6 Å². The fraction of sp³-hybridized carbons (Fsp3) is 0.143. The van der Waals surface area contributed by atoms with Crippen LogP contribution in [0.3, 0.4) is 0 Å². The van der Waals surface area contributed by atoms with Gasteiger partial charge in [0.1, 0.15) is 5.75 Å². The van der Waals surface area contributed by atoms with Crippen LogP contribution in [0, 0.1) is 0 Å². The van der Waals surface area contributed by atoms with Crippen LogP contribution >= 0.6 is 12.6 Å². The van der Waals surface area contributed by atoms with E-state index in [0.29, 0.717) is 0 Å². The highest BCUT2D eigenvalue weighted by atomic mass is 32.1. The Hall–Kier alpha value is -1.41. The molecular weight excluding hydrogens is 216 g/mol. The monoisotopic (exact) mass is 230 g/mol. The largest absolute Gasteiger partial charge is 0.497 e. The van der Waals surface area contributed by atoms with Crippen LogP contribution in [0.4, 0.5) is 0 Å². The molecule has 0 saturated heterocycles. The number of rotatable bonds is 3. The second kappa shape index (κ2) is 5.08. The zero-order valence-corrected chi connectivity index (χ0v) is 10.0. The Morgan fingerprint density at radius 1 is 0.875 bits per heavy atom. The number of hydrogen-bond acceptors (Lipinski definition) is 2. The minimum absolute atomic E-state index is 0.118. The first-order chi connectivity index (χ1) is 7.81. The first-order valence-electron chi connectivity index (χ1n) is 5.18. The predicted octanol–water partition coefficient (Wildman–Crippen LogP) is 3.71. The molecule has 2 aromatic rings. The predicted molar refractivity (Wildman–Crippen MR) is 70.3 cm³/mol. The number of thiol groups is 1. The van der Waals surface area contributed by atoms with Gasteiger partial charge in [-0.2, -0.15) is 12.6 Å². The quantitative estimate of drug-likeness (QED) is 0.791. The zero-order chi connectivity index (χ0) is 11.4. The standard InChI is InChI=1S/C14H14OS/c1-15-13-9-7-12(8-10-13)14(16)11-5-3-2-4-6-11/h2-10,14,16H,1H3. The van der Waals surface area contributed by atoms with Gasteiger partial charge in [0, 0.05) is 0 Å². The van der Waals surface area contributed by atoms with Crippen molar-refractivity contribution in [3.8, 4) is 5.75 Å². The van der Waals surface area contributed by atoms with E-state index in [1.54, 1.807) is 7.11 Å². The van der Waals surface area contributed by atoms with Gasteiger partial charge in [-0.15, -0.1) is 0 Å². The fourth-order valence-electron chi connectivity index (χ4n) is 1.61. The van der Waals surface area contributed by atoms with Crippen molar-refractivity contribution in [3.63, 3.8) is 0 Å². The smallest absolute Gasteiger partial charge is 0.118 e. The van der Waals surface area contributed by atoms with Crippen molar-refractivity contribution in [2.75, 3.05) is 7.11 Å². The average Bonchev–Trinajstić information content (AvgIpc) is 2.39. The molecule has 2 rings (SSSR count). The average molecular weight is 230 g/mol. The number of methoxy groups -OCH3 is 1. The molecule has 0 aliphatic rings. The molecule has 0 spiro atoms. The molecule has 0 amide bonds. The molecule has 0 fully saturated rings. The van der Waals surface area contributed by atoms with E-state index in [-0.39, 0.29) is 5.25 Å². The topological polar surface area (TPSA) is 9.23 Å². The summed E-state index contributed by atoms with van der Waals surface area (Å²) in [6.45, 7) is 0. The molecule has 82 valence electrons. The molecule has 0 bridgehead atoms. The van der Waals surface area contributed by atoms with E-state index < -0.39 is 0 Å². The van der Waals surface area contributed by atoms with Crippen LogP contribution in [0.25, 0.3) is 0 Å². The van der Waals surface area contributed by atoms with E-state index in [1.165, 1.54) is 11.1 Å². The van der Waals surface area contributed by atoms with E-state index >= 15 is 0 Å². The number of benzene rings is 2. The lowest BCUT2D eigenvalue weighted by Gasteiger charge is -2.11. The van der Waals surface area contributed by atoms with Crippen molar-refractivity contribution < 1.29 is 4.74 Å². The summed E-state index contributed by atoms with van der Waals surface area (Å²) in [5, 5.41) is 0.118. The third-order valence-electron chi connectivity index (χ3n) is 2.55. The summed E-state index contributed by atoms with van der Waals surface area (Å²) in [7, 11) is 1.67. The Labute approximate surface area is 101 Å². The van der Waals surface area contributed by atoms with Gasteiger partial charge in [0.05, 0.1) is 12.4 Å².